The third-order valence-corrected chi connectivity index (χ3v) is 5.50. The molecule has 0 saturated carbocycles. The lowest BCUT2D eigenvalue weighted by Gasteiger charge is -2.35. The van der Waals surface area contributed by atoms with E-state index in [0.717, 1.165) is 0 Å². The molecule has 1 unspecified atom stereocenters. The van der Waals surface area contributed by atoms with E-state index >= 15 is 0 Å². The summed E-state index contributed by atoms with van der Waals surface area (Å²) in [5.74, 6) is 0. The van der Waals surface area contributed by atoms with E-state index in [2.05, 4.69) is 30.0 Å². The Bertz CT molecular complexity index is 184. The molecule has 0 aliphatic carbocycles. The maximum atomic E-state index is 2.86. The zero-order valence-electron chi connectivity index (χ0n) is 15.8. The van der Waals surface area contributed by atoms with Crippen LogP contribution in [0.3, 0.4) is 0 Å². The quantitative estimate of drug-likeness (QED) is 0.182. The first kappa shape index (κ1) is 25.2. The summed E-state index contributed by atoms with van der Waals surface area (Å²) in [5.41, 5.74) is 0.697. The molecule has 0 aromatic carbocycles. The standard InChI is InChI=1S/C20H43P.BrH/c1-4-7-15-20(16-8-5-2,17-9-6-3)18-13-11-10-12-14-19-21;/h4-19,21H2,1-3H3;1H. The van der Waals surface area contributed by atoms with Crippen molar-refractivity contribution in [3.8, 4) is 0 Å². The minimum absolute atomic E-state index is 0. The van der Waals surface area contributed by atoms with Gasteiger partial charge in [0.2, 0.25) is 0 Å². The second-order valence-electron chi connectivity index (χ2n) is 7.12. The van der Waals surface area contributed by atoms with Crippen LogP contribution in [0, 0.1) is 5.41 Å². The van der Waals surface area contributed by atoms with E-state index in [1.807, 2.05) is 0 Å². The maximum absolute atomic E-state index is 2.86. The molecule has 2 heteroatoms. The molecular formula is C20H44BrP. The molecule has 0 aliphatic heterocycles. The van der Waals surface area contributed by atoms with Crippen LogP contribution < -0.4 is 0 Å². The summed E-state index contributed by atoms with van der Waals surface area (Å²) in [6.07, 6.45) is 23.0. The summed E-state index contributed by atoms with van der Waals surface area (Å²) in [4.78, 5) is 0. The highest BCUT2D eigenvalue weighted by molar-refractivity contribution is 8.93. The summed E-state index contributed by atoms with van der Waals surface area (Å²) in [6.45, 7) is 7.06. The summed E-state index contributed by atoms with van der Waals surface area (Å²) in [7, 11) is 2.86. The van der Waals surface area contributed by atoms with Gasteiger partial charge in [0.1, 0.15) is 0 Å². The van der Waals surface area contributed by atoms with Gasteiger partial charge in [0.05, 0.1) is 0 Å². The van der Waals surface area contributed by atoms with Crippen molar-refractivity contribution in [2.45, 2.75) is 117 Å². The zero-order chi connectivity index (χ0) is 15.8. The fourth-order valence-electron chi connectivity index (χ4n) is 3.58. The third kappa shape index (κ3) is 13.4. The van der Waals surface area contributed by atoms with Crippen LogP contribution in [0.2, 0.25) is 0 Å². The third-order valence-electron chi connectivity index (χ3n) is 5.09. The molecule has 0 aromatic heterocycles. The van der Waals surface area contributed by atoms with Crippen LogP contribution in [-0.2, 0) is 0 Å². The molecule has 0 radical (unpaired) electrons. The number of hydrogen-bond acceptors (Lipinski definition) is 0. The Morgan fingerprint density at radius 1 is 0.545 bits per heavy atom. The predicted octanol–water partition coefficient (Wildman–Crippen LogP) is 8.34. The molecule has 0 aromatic rings. The highest BCUT2D eigenvalue weighted by Gasteiger charge is 2.27. The van der Waals surface area contributed by atoms with E-state index in [-0.39, 0.29) is 17.0 Å². The Balaban J connectivity index is 0. The van der Waals surface area contributed by atoms with Crippen molar-refractivity contribution in [1.82, 2.24) is 0 Å². The van der Waals surface area contributed by atoms with Crippen LogP contribution in [0.5, 0.6) is 0 Å². The normalized spacial score (nSPS) is 11.5. The van der Waals surface area contributed by atoms with E-state index in [1.54, 1.807) is 0 Å². The Kier molecular flexibility index (Phi) is 20.9. The predicted molar refractivity (Wildman–Crippen MR) is 114 cm³/mol. The number of rotatable bonds is 16. The molecule has 0 heterocycles. The summed E-state index contributed by atoms with van der Waals surface area (Å²) in [6, 6.07) is 0. The molecule has 0 rings (SSSR count). The molecule has 22 heavy (non-hydrogen) atoms. The van der Waals surface area contributed by atoms with Crippen LogP contribution in [0.1, 0.15) is 117 Å². The summed E-state index contributed by atoms with van der Waals surface area (Å²) in [5, 5.41) is 0. The van der Waals surface area contributed by atoms with E-state index < -0.39 is 0 Å². The Morgan fingerprint density at radius 2 is 0.909 bits per heavy atom. The average molecular weight is 395 g/mol. The number of hydrogen-bond donors (Lipinski definition) is 0. The molecule has 0 bridgehead atoms. The van der Waals surface area contributed by atoms with Crippen molar-refractivity contribution >= 4 is 26.2 Å². The van der Waals surface area contributed by atoms with Gasteiger partial charge >= 0.3 is 0 Å². The number of unbranched alkanes of at least 4 members (excludes halogenated alkanes) is 7. The van der Waals surface area contributed by atoms with Crippen LogP contribution in [-0.4, -0.2) is 6.16 Å². The van der Waals surface area contributed by atoms with E-state index in [0.29, 0.717) is 5.41 Å². The van der Waals surface area contributed by atoms with Gasteiger partial charge in [-0.15, -0.1) is 26.2 Å². The van der Waals surface area contributed by atoms with E-state index in [9.17, 15) is 0 Å². The van der Waals surface area contributed by atoms with Gasteiger partial charge in [0.25, 0.3) is 0 Å². The highest BCUT2D eigenvalue weighted by Crippen LogP contribution is 2.41. The molecular weight excluding hydrogens is 351 g/mol. The number of halogens is 1. The van der Waals surface area contributed by atoms with E-state index in [1.165, 1.54) is 102 Å². The Hall–Kier alpha value is 0.910. The zero-order valence-corrected chi connectivity index (χ0v) is 18.7. The Morgan fingerprint density at radius 3 is 1.32 bits per heavy atom. The first-order valence-corrected chi connectivity index (χ1v) is 10.8. The van der Waals surface area contributed by atoms with Gasteiger partial charge in [0.15, 0.2) is 0 Å². The lowest BCUT2D eigenvalue weighted by atomic mass is 9.71. The lowest BCUT2D eigenvalue weighted by molar-refractivity contribution is 0.176. The van der Waals surface area contributed by atoms with Crippen LogP contribution in [0.4, 0.5) is 0 Å². The monoisotopic (exact) mass is 394 g/mol. The van der Waals surface area contributed by atoms with Crippen molar-refractivity contribution in [3.05, 3.63) is 0 Å². The van der Waals surface area contributed by atoms with Crippen molar-refractivity contribution in [3.63, 3.8) is 0 Å². The first-order chi connectivity index (χ1) is 10.2. The second-order valence-corrected chi connectivity index (χ2v) is 7.69. The topological polar surface area (TPSA) is 0 Å². The van der Waals surface area contributed by atoms with Gasteiger partial charge in [0, 0.05) is 0 Å². The molecule has 0 aliphatic rings. The summed E-state index contributed by atoms with van der Waals surface area (Å²) >= 11 is 0. The SMILES string of the molecule is Br.CCCCC(CCCC)(CCCC)CCCCCCCP. The van der Waals surface area contributed by atoms with Gasteiger partial charge in [-0.2, -0.15) is 0 Å². The smallest absolute Gasteiger partial charge is 0.0297 e. The van der Waals surface area contributed by atoms with Crippen LogP contribution in [0.15, 0.2) is 0 Å². The molecule has 0 amide bonds. The van der Waals surface area contributed by atoms with Gasteiger partial charge in [-0.05, 0) is 43.7 Å². The van der Waals surface area contributed by atoms with Gasteiger partial charge in [-0.3, -0.25) is 0 Å². The summed E-state index contributed by atoms with van der Waals surface area (Å²) < 4.78 is 0. The molecule has 0 spiro atoms. The minimum Gasteiger partial charge on any atom is -0.138 e. The molecule has 0 N–H and O–H groups in total. The van der Waals surface area contributed by atoms with E-state index in [4.69, 9.17) is 0 Å². The van der Waals surface area contributed by atoms with Crippen molar-refractivity contribution in [2.24, 2.45) is 5.41 Å². The largest absolute Gasteiger partial charge is 0.138 e. The van der Waals surface area contributed by atoms with Crippen molar-refractivity contribution in [2.75, 3.05) is 6.16 Å². The van der Waals surface area contributed by atoms with Gasteiger partial charge < -0.3 is 0 Å². The first-order valence-electron chi connectivity index (χ1n) is 9.94. The second kappa shape index (κ2) is 18.3. The van der Waals surface area contributed by atoms with Gasteiger partial charge in [-0.25, -0.2) is 0 Å². The average Bonchev–Trinajstić information content (AvgIpc) is 2.51. The van der Waals surface area contributed by atoms with Crippen LogP contribution >= 0.6 is 26.2 Å². The van der Waals surface area contributed by atoms with Crippen molar-refractivity contribution < 1.29 is 0 Å². The minimum atomic E-state index is 0. The van der Waals surface area contributed by atoms with Crippen molar-refractivity contribution in [1.29, 1.82) is 0 Å². The molecule has 0 saturated heterocycles. The molecule has 0 nitrogen and oxygen atoms in total. The van der Waals surface area contributed by atoms with Crippen LogP contribution in [0.25, 0.3) is 0 Å². The lowest BCUT2D eigenvalue weighted by Crippen LogP contribution is -2.21. The highest BCUT2D eigenvalue weighted by atomic mass is 79.9. The van der Waals surface area contributed by atoms with Gasteiger partial charge in [-0.1, -0.05) is 85.0 Å². The fraction of sp³-hybridized carbons (Fsp3) is 1.00. The molecule has 136 valence electrons. The fourth-order valence-corrected chi connectivity index (χ4v) is 3.87. The Labute approximate surface area is 155 Å². The molecule has 0 fully saturated rings. The molecule has 1 atom stereocenters. The maximum Gasteiger partial charge on any atom is -0.0297 e.